The highest BCUT2D eigenvalue weighted by molar-refractivity contribution is 5.69. The molecule has 0 atom stereocenters. The highest BCUT2D eigenvalue weighted by atomic mass is 19.3. The van der Waals surface area contributed by atoms with Gasteiger partial charge in [0.15, 0.2) is 0 Å². The summed E-state index contributed by atoms with van der Waals surface area (Å²) >= 11 is 0. The summed E-state index contributed by atoms with van der Waals surface area (Å²) in [5.41, 5.74) is -0.908. The van der Waals surface area contributed by atoms with E-state index in [1.165, 1.54) is 6.07 Å². The number of carbonyl (C=O) groups is 1. The predicted octanol–water partition coefficient (Wildman–Crippen LogP) is 3.08. The number of halogens is 2. The minimum absolute atomic E-state index is 0.166. The number of hydrogen-bond donors (Lipinski definition) is 2. The fourth-order valence-electron chi connectivity index (χ4n) is 1.70. The summed E-state index contributed by atoms with van der Waals surface area (Å²) in [5, 5.41) is 18.4. The van der Waals surface area contributed by atoms with Crippen molar-refractivity contribution in [2.45, 2.75) is 32.1 Å². The molecule has 1 aromatic rings. The molecule has 0 amide bonds. The van der Waals surface area contributed by atoms with E-state index in [0.29, 0.717) is 0 Å². The van der Waals surface area contributed by atoms with Crippen molar-refractivity contribution >= 4 is 5.97 Å². The van der Waals surface area contributed by atoms with Gasteiger partial charge in [0.25, 0.3) is 6.43 Å². The topological polar surface area (TPSA) is 57.5 Å². The van der Waals surface area contributed by atoms with Crippen LogP contribution in [0.1, 0.15) is 37.8 Å². The molecule has 0 aliphatic carbocycles. The number of hydrogen-bond acceptors (Lipinski definition) is 2. The second-order valence-corrected chi connectivity index (χ2v) is 4.53. The molecule has 17 heavy (non-hydrogen) atoms. The van der Waals surface area contributed by atoms with Gasteiger partial charge in [0.1, 0.15) is 5.75 Å². The van der Waals surface area contributed by atoms with E-state index in [1.807, 2.05) is 0 Å². The standard InChI is InChI=1S/C12H14F2O3/c1-12(2,6-10(16)17)8-5-7(11(13)14)3-4-9(8)15/h3-5,11,15H,6H2,1-2H3,(H,16,17). The number of carboxylic acid groups (broad SMARTS) is 1. The summed E-state index contributed by atoms with van der Waals surface area (Å²) in [5.74, 6) is -1.21. The first-order valence-electron chi connectivity index (χ1n) is 5.07. The Morgan fingerprint density at radius 3 is 2.47 bits per heavy atom. The molecule has 5 heteroatoms. The first kappa shape index (κ1) is 13.4. The van der Waals surface area contributed by atoms with Gasteiger partial charge in [-0.25, -0.2) is 8.78 Å². The lowest BCUT2D eigenvalue weighted by Gasteiger charge is -2.24. The third-order valence-corrected chi connectivity index (χ3v) is 2.59. The van der Waals surface area contributed by atoms with Gasteiger partial charge in [-0.1, -0.05) is 13.8 Å². The van der Waals surface area contributed by atoms with E-state index in [0.717, 1.165) is 12.1 Å². The summed E-state index contributed by atoms with van der Waals surface area (Å²) in [6, 6.07) is 3.45. The molecule has 0 radical (unpaired) electrons. The zero-order valence-electron chi connectivity index (χ0n) is 9.58. The first-order valence-corrected chi connectivity index (χ1v) is 5.07. The number of benzene rings is 1. The number of aromatic hydroxyl groups is 1. The molecule has 0 fully saturated rings. The van der Waals surface area contributed by atoms with Crippen molar-refractivity contribution in [3.63, 3.8) is 0 Å². The average Bonchev–Trinajstić information content (AvgIpc) is 2.15. The smallest absolute Gasteiger partial charge is 0.304 e. The van der Waals surface area contributed by atoms with E-state index >= 15 is 0 Å². The van der Waals surface area contributed by atoms with Crippen LogP contribution in [-0.2, 0) is 10.2 Å². The SMILES string of the molecule is CC(C)(CC(=O)O)c1cc(C(F)F)ccc1O. The minimum Gasteiger partial charge on any atom is -0.508 e. The van der Waals surface area contributed by atoms with E-state index in [1.54, 1.807) is 13.8 Å². The van der Waals surface area contributed by atoms with Crippen LogP contribution in [0.5, 0.6) is 5.75 Å². The lowest BCUT2D eigenvalue weighted by atomic mass is 9.80. The Balaban J connectivity index is 3.19. The zero-order valence-corrected chi connectivity index (χ0v) is 9.58. The van der Waals surface area contributed by atoms with Gasteiger partial charge in [-0.2, -0.15) is 0 Å². The summed E-state index contributed by atoms with van der Waals surface area (Å²) < 4.78 is 25.1. The Labute approximate surface area is 97.7 Å². The molecular weight excluding hydrogens is 230 g/mol. The van der Waals surface area contributed by atoms with E-state index in [-0.39, 0.29) is 23.3 Å². The molecule has 0 saturated heterocycles. The molecule has 1 aromatic carbocycles. The molecule has 1 rings (SSSR count). The fourth-order valence-corrected chi connectivity index (χ4v) is 1.70. The molecule has 0 aromatic heterocycles. The Morgan fingerprint density at radius 2 is 2.00 bits per heavy atom. The van der Waals surface area contributed by atoms with Crippen molar-refractivity contribution in [2.24, 2.45) is 0 Å². The molecule has 94 valence electrons. The van der Waals surface area contributed by atoms with Gasteiger partial charge in [0.05, 0.1) is 6.42 Å². The maximum atomic E-state index is 12.5. The van der Waals surface area contributed by atoms with Gasteiger partial charge in [-0.15, -0.1) is 0 Å². The van der Waals surface area contributed by atoms with Crippen LogP contribution in [0, 0.1) is 0 Å². The van der Waals surface area contributed by atoms with E-state index in [4.69, 9.17) is 5.11 Å². The Morgan fingerprint density at radius 1 is 1.41 bits per heavy atom. The second kappa shape index (κ2) is 4.69. The summed E-state index contributed by atoms with van der Waals surface area (Å²) in [7, 11) is 0. The van der Waals surface area contributed by atoms with Gasteiger partial charge >= 0.3 is 5.97 Å². The minimum atomic E-state index is -2.64. The molecule has 3 nitrogen and oxygen atoms in total. The number of phenols is 1. The van der Waals surface area contributed by atoms with Crippen molar-refractivity contribution in [3.05, 3.63) is 29.3 Å². The molecular formula is C12H14F2O3. The molecule has 0 heterocycles. The summed E-state index contributed by atoms with van der Waals surface area (Å²) in [6.07, 6.45) is -2.89. The van der Waals surface area contributed by atoms with E-state index in [2.05, 4.69) is 0 Å². The van der Waals surface area contributed by atoms with E-state index in [9.17, 15) is 18.7 Å². The predicted molar refractivity (Wildman–Crippen MR) is 58.3 cm³/mol. The monoisotopic (exact) mass is 244 g/mol. The van der Waals surface area contributed by atoms with Gasteiger partial charge in [-0.3, -0.25) is 4.79 Å². The maximum absolute atomic E-state index is 12.5. The Bertz CT molecular complexity index is 428. The highest BCUT2D eigenvalue weighted by Gasteiger charge is 2.28. The van der Waals surface area contributed by atoms with E-state index < -0.39 is 17.8 Å². The Hall–Kier alpha value is -1.65. The first-order chi connectivity index (χ1) is 7.74. The maximum Gasteiger partial charge on any atom is 0.304 e. The van der Waals surface area contributed by atoms with Crippen LogP contribution in [0.2, 0.25) is 0 Å². The van der Waals surface area contributed by atoms with Crippen LogP contribution in [0.25, 0.3) is 0 Å². The van der Waals surface area contributed by atoms with Crippen molar-refractivity contribution in [1.82, 2.24) is 0 Å². The molecule has 0 saturated carbocycles. The second-order valence-electron chi connectivity index (χ2n) is 4.53. The number of aliphatic carboxylic acids is 1. The third kappa shape index (κ3) is 3.15. The quantitative estimate of drug-likeness (QED) is 0.855. The number of rotatable bonds is 4. The van der Waals surface area contributed by atoms with Crippen molar-refractivity contribution < 1.29 is 23.8 Å². The number of phenolic OH excluding ortho intramolecular Hbond substituents is 1. The van der Waals surface area contributed by atoms with Crippen LogP contribution >= 0.6 is 0 Å². The fraction of sp³-hybridized carbons (Fsp3) is 0.417. The molecule has 0 aliphatic heterocycles. The lowest BCUT2D eigenvalue weighted by Crippen LogP contribution is -2.22. The number of alkyl halides is 2. The molecule has 0 spiro atoms. The van der Waals surface area contributed by atoms with Gasteiger partial charge in [0.2, 0.25) is 0 Å². The Kier molecular flexibility index (Phi) is 3.70. The van der Waals surface area contributed by atoms with Crippen molar-refractivity contribution in [3.8, 4) is 5.75 Å². The van der Waals surface area contributed by atoms with Crippen LogP contribution in [0.3, 0.4) is 0 Å². The van der Waals surface area contributed by atoms with Gasteiger partial charge < -0.3 is 10.2 Å². The van der Waals surface area contributed by atoms with Gasteiger partial charge in [0, 0.05) is 16.5 Å². The molecule has 0 unspecified atom stereocenters. The van der Waals surface area contributed by atoms with Crippen LogP contribution < -0.4 is 0 Å². The average molecular weight is 244 g/mol. The molecule has 0 bridgehead atoms. The molecule has 0 aliphatic rings. The normalized spacial score (nSPS) is 11.8. The lowest BCUT2D eigenvalue weighted by molar-refractivity contribution is -0.138. The summed E-state index contributed by atoms with van der Waals surface area (Å²) in [6.45, 7) is 3.18. The molecule has 2 N–H and O–H groups in total. The largest absolute Gasteiger partial charge is 0.508 e. The highest BCUT2D eigenvalue weighted by Crippen LogP contribution is 2.36. The number of carboxylic acids is 1. The van der Waals surface area contributed by atoms with Gasteiger partial charge in [-0.05, 0) is 18.2 Å². The van der Waals surface area contributed by atoms with Crippen LogP contribution in [0.4, 0.5) is 8.78 Å². The van der Waals surface area contributed by atoms with Crippen molar-refractivity contribution in [1.29, 1.82) is 0 Å². The van der Waals surface area contributed by atoms with Crippen LogP contribution in [-0.4, -0.2) is 16.2 Å². The third-order valence-electron chi connectivity index (χ3n) is 2.59. The summed E-state index contributed by atoms with van der Waals surface area (Å²) in [4.78, 5) is 10.7. The van der Waals surface area contributed by atoms with Crippen LogP contribution in [0.15, 0.2) is 18.2 Å². The zero-order chi connectivity index (χ0) is 13.2. The van der Waals surface area contributed by atoms with Crippen molar-refractivity contribution in [2.75, 3.05) is 0 Å².